The van der Waals surface area contributed by atoms with E-state index in [1.165, 1.54) is 5.56 Å². The van der Waals surface area contributed by atoms with Crippen LogP contribution in [0.1, 0.15) is 25.0 Å². The summed E-state index contributed by atoms with van der Waals surface area (Å²) in [5.41, 5.74) is 2.95. The molecule has 2 rings (SSSR count). The Labute approximate surface area is 167 Å². The largest absolute Gasteiger partial charge is 0.489 e. The molecule has 0 saturated carbocycles. The number of nitrogens with zero attached hydrogens (tertiary/aromatic N) is 1. The van der Waals surface area contributed by atoms with Gasteiger partial charge >= 0.3 is 6.03 Å². The van der Waals surface area contributed by atoms with Crippen molar-refractivity contribution in [1.82, 2.24) is 10.2 Å². The molecule has 0 bridgehead atoms. The standard InChI is InChI=1S/C22H31N3O3/c1-17(2)25(3)16-19-10-6-5-9-18(19)15-23-22(26)24-20-11-7-8-12-21(20)28-14-13-27-4/h5-12,17H,13-16H2,1-4H3,(H2,23,24,26). The number of amides is 2. The lowest BCUT2D eigenvalue weighted by Gasteiger charge is -2.22. The van der Waals surface area contributed by atoms with E-state index in [9.17, 15) is 4.79 Å². The molecule has 0 radical (unpaired) electrons. The zero-order chi connectivity index (χ0) is 20.4. The van der Waals surface area contributed by atoms with Gasteiger partial charge in [0.25, 0.3) is 0 Å². The number of benzene rings is 2. The molecule has 2 aromatic carbocycles. The molecule has 2 aromatic rings. The first-order valence-corrected chi connectivity index (χ1v) is 9.54. The summed E-state index contributed by atoms with van der Waals surface area (Å²) < 4.78 is 10.7. The normalized spacial score (nSPS) is 10.9. The molecule has 0 atom stereocenters. The zero-order valence-corrected chi connectivity index (χ0v) is 17.2. The molecule has 2 amide bonds. The van der Waals surface area contributed by atoms with Crippen LogP contribution in [0.3, 0.4) is 0 Å². The molecule has 152 valence electrons. The maximum absolute atomic E-state index is 12.4. The van der Waals surface area contributed by atoms with E-state index in [-0.39, 0.29) is 6.03 Å². The zero-order valence-electron chi connectivity index (χ0n) is 17.2. The van der Waals surface area contributed by atoms with Gasteiger partial charge < -0.3 is 20.1 Å². The summed E-state index contributed by atoms with van der Waals surface area (Å²) in [5.74, 6) is 0.619. The number of rotatable bonds is 10. The fourth-order valence-corrected chi connectivity index (χ4v) is 2.61. The molecule has 6 heteroatoms. The maximum atomic E-state index is 12.4. The van der Waals surface area contributed by atoms with Crippen LogP contribution in [0.5, 0.6) is 5.75 Å². The SMILES string of the molecule is COCCOc1ccccc1NC(=O)NCc1ccccc1CN(C)C(C)C. The van der Waals surface area contributed by atoms with Gasteiger partial charge in [-0.1, -0.05) is 36.4 Å². The number of urea groups is 1. The minimum absolute atomic E-state index is 0.269. The van der Waals surface area contributed by atoms with Gasteiger partial charge in [0.2, 0.25) is 0 Å². The Balaban J connectivity index is 1.95. The molecule has 0 heterocycles. The molecule has 0 aliphatic heterocycles. The van der Waals surface area contributed by atoms with E-state index in [4.69, 9.17) is 9.47 Å². The fraction of sp³-hybridized carbons (Fsp3) is 0.409. The van der Waals surface area contributed by atoms with Crippen LogP contribution in [0.15, 0.2) is 48.5 Å². The van der Waals surface area contributed by atoms with E-state index in [2.05, 4.69) is 42.5 Å². The molecule has 0 unspecified atom stereocenters. The fourth-order valence-electron chi connectivity index (χ4n) is 2.61. The molecular weight excluding hydrogens is 354 g/mol. The number of para-hydroxylation sites is 2. The van der Waals surface area contributed by atoms with Gasteiger partial charge in [-0.2, -0.15) is 0 Å². The first-order chi connectivity index (χ1) is 13.5. The van der Waals surface area contributed by atoms with Gasteiger partial charge in [0, 0.05) is 26.2 Å². The van der Waals surface area contributed by atoms with E-state index < -0.39 is 0 Å². The second-order valence-electron chi connectivity index (χ2n) is 6.92. The van der Waals surface area contributed by atoms with Crippen LogP contribution >= 0.6 is 0 Å². The number of carbonyl (C=O) groups excluding carboxylic acids is 1. The Morgan fingerprint density at radius 1 is 1.04 bits per heavy atom. The summed E-state index contributed by atoms with van der Waals surface area (Å²) >= 11 is 0. The maximum Gasteiger partial charge on any atom is 0.319 e. The third-order valence-electron chi connectivity index (χ3n) is 4.54. The van der Waals surface area contributed by atoms with Crippen LogP contribution < -0.4 is 15.4 Å². The number of hydrogen-bond donors (Lipinski definition) is 2. The van der Waals surface area contributed by atoms with Gasteiger partial charge in [0.05, 0.1) is 12.3 Å². The van der Waals surface area contributed by atoms with Crippen molar-refractivity contribution in [1.29, 1.82) is 0 Å². The molecule has 0 saturated heterocycles. The van der Waals surface area contributed by atoms with Crippen LogP contribution in [-0.4, -0.2) is 44.3 Å². The number of anilines is 1. The predicted octanol–water partition coefficient (Wildman–Crippen LogP) is 3.87. The molecule has 6 nitrogen and oxygen atoms in total. The summed E-state index contributed by atoms with van der Waals surface area (Å²) in [6.07, 6.45) is 0. The molecular formula is C22H31N3O3. The molecule has 0 aromatic heterocycles. The second kappa shape index (κ2) is 11.3. The molecule has 28 heavy (non-hydrogen) atoms. The number of hydrogen-bond acceptors (Lipinski definition) is 4. The van der Waals surface area contributed by atoms with E-state index in [1.807, 2.05) is 42.5 Å². The summed E-state index contributed by atoms with van der Waals surface area (Å²) in [6.45, 7) is 6.55. The van der Waals surface area contributed by atoms with E-state index in [1.54, 1.807) is 7.11 Å². The lowest BCUT2D eigenvalue weighted by Crippen LogP contribution is -2.30. The van der Waals surface area contributed by atoms with Crippen LogP contribution in [0.4, 0.5) is 10.5 Å². The van der Waals surface area contributed by atoms with Crippen molar-refractivity contribution in [2.24, 2.45) is 0 Å². The lowest BCUT2D eigenvalue weighted by atomic mass is 10.1. The van der Waals surface area contributed by atoms with Gasteiger partial charge in [0.15, 0.2) is 0 Å². The Bertz CT molecular complexity index is 749. The Kier molecular flexibility index (Phi) is 8.78. The Hall–Kier alpha value is -2.57. The highest BCUT2D eigenvalue weighted by Crippen LogP contribution is 2.23. The quantitative estimate of drug-likeness (QED) is 0.610. The highest BCUT2D eigenvalue weighted by molar-refractivity contribution is 5.90. The van der Waals surface area contributed by atoms with E-state index in [0.29, 0.717) is 37.2 Å². The monoisotopic (exact) mass is 385 g/mol. The van der Waals surface area contributed by atoms with Gasteiger partial charge in [0.1, 0.15) is 12.4 Å². The molecule has 0 aliphatic rings. The van der Waals surface area contributed by atoms with Crippen LogP contribution in [0.25, 0.3) is 0 Å². The number of ether oxygens (including phenoxy) is 2. The lowest BCUT2D eigenvalue weighted by molar-refractivity contribution is 0.146. The van der Waals surface area contributed by atoms with Crippen LogP contribution in [0, 0.1) is 0 Å². The van der Waals surface area contributed by atoms with E-state index >= 15 is 0 Å². The third kappa shape index (κ3) is 6.87. The predicted molar refractivity (Wildman–Crippen MR) is 113 cm³/mol. The average Bonchev–Trinajstić information content (AvgIpc) is 2.68. The number of methoxy groups -OCH3 is 1. The van der Waals surface area contributed by atoms with Crippen molar-refractivity contribution in [3.63, 3.8) is 0 Å². The molecule has 0 aliphatic carbocycles. The van der Waals surface area contributed by atoms with Gasteiger partial charge in [-0.25, -0.2) is 4.79 Å². The first kappa shape index (κ1) is 21.7. The minimum Gasteiger partial charge on any atom is -0.489 e. The van der Waals surface area contributed by atoms with Gasteiger partial charge in [-0.3, -0.25) is 4.90 Å². The Morgan fingerprint density at radius 3 is 2.43 bits per heavy atom. The summed E-state index contributed by atoms with van der Waals surface area (Å²) in [6, 6.07) is 15.7. The highest BCUT2D eigenvalue weighted by atomic mass is 16.5. The van der Waals surface area contributed by atoms with Crippen molar-refractivity contribution >= 4 is 11.7 Å². The topological polar surface area (TPSA) is 62.8 Å². The molecule has 2 N–H and O–H groups in total. The summed E-state index contributed by atoms with van der Waals surface area (Å²) in [4.78, 5) is 14.7. The first-order valence-electron chi connectivity index (χ1n) is 9.54. The summed E-state index contributed by atoms with van der Waals surface area (Å²) in [5, 5.41) is 5.80. The van der Waals surface area contributed by atoms with Crippen molar-refractivity contribution < 1.29 is 14.3 Å². The van der Waals surface area contributed by atoms with E-state index in [0.717, 1.165) is 12.1 Å². The van der Waals surface area contributed by atoms with Crippen LogP contribution in [-0.2, 0) is 17.8 Å². The van der Waals surface area contributed by atoms with Gasteiger partial charge in [-0.05, 0) is 44.2 Å². The summed E-state index contributed by atoms with van der Waals surface area (Å²) in [7, 11) is 3.72. The number of nitrogens with one attached hydrogen (secondary N) is 2. The second-order valence-corrected chi connectivity index (χ2v) is 6.92. The van der Waals surface area contributed by atoms with Crippen molar-refractivity contribution in [3.05, 3.63) is 59.7 Å². The highest BCUT2D eigenvalue weighted by Gasteiger charge is 2.10. The van der Waals surface area contributed by atoms with Gasteiger partial charge in [-0.15, -0.1) is 0 Å². The molecule has 0 fully saturated rings. The smallest absolute Gasteiger partial charge is 0.319 e. The Morgan fingerprint density at radius 2 is 1.71 bits per heavy atom. The molecule has 0 spiro atoms. The van der Waals surface area contributed by atoms with Crippen LogP contribution in [0.2, 0.25) is 0 Å². The van der Waals surface area contributed by atoms with Crippen molar-refractivity contribution in [3.8, 4) is 5.75 Å². The minimum atomic E-state index is -0.269. The third-order valence-corrected chi connectivity index (χ3v) is 4.54. The van der Waals surface area contributed by atoms with Crippen molar-refractivity contribution in [2.75, 3.05) is 32.7 Å². The number of carbonyl (C=O) groups is 1. The average molecular weight is 386 g/mol. The van der Waals surface area contributed by atoms with Crippen molar-refractivity contribution in [2.45, 2.75) is 33.0 Å².